The molecule has 53 heavy (non-hydrogen) atoms. The van der Waals surface area contributed by atoms with E-state index in [4.69, 9.17) is 4.43 Å². The van der Waals surface area contributed by atoms with E-state index in [0.717, 1.165) is 44.2 Å². The van der Waals surface area contributed by atoms with Crippen LogP contribution in [0.1, 0.15) is 50.0 Å². The molecular weight excluding hydrogens is 685 g/mol. The van der Waals surface area contributed by atoms with Crippen molar-refractivity contribution >= 4 is 48.1 Å². The molecule has 0 bridgehead atoms. The number of nitrogens with one attached hydrogen (secondary N) is 3. The van der Waals surface area contributed by atoms with Crippen molar-refractivity contribution < 1.29 is 19.4 Å². The number of nitrogens with zero attached hydrogens (tertiary/aromatic N) is 3. The molecule has 2 heterocycles. The van der Waals surface area contributed by atoms with Gasteiger partial charge in [0.05, 0.1) is 22.8 Å². The predicted octanol–water partition coefficient (Wildman–Crippen LogP) is 8.69. The monoisotopic (exact) mass is 730 g/mol. The summed E-state index contributed by atoms with van der Waals surface area (Å²) >= 11 is 0. The average molecular weight is 731 g/mol. The molecule has 0 radical (unpaired) electrons. The lowest BCUT2D eigenvalue weighted by atomic mass is 10.0. The molecule has 274 valence electrons. The van der Waals surface area contributed by atoms with E-state index in [9.17, 15) is 19.8 Å². The molecule has 0 aliphatic heterocycles. The third kappa shape index (κ3) is 8.74. The third-order valence-corrected chi connectivity index (χ3v) is 14.4. The van der Waals surface area contributed by atoms with Crippen LogP contribution in [0.2, 0.25) is 18.1 Å². The number of benzene rings is 4. The zero-order valence-corrected chi connectivity index (χ0v) is 31.7. The number of aromatic hydroxyl groups is 1. The van der Waals surface area contributed by atoms with E-state index in [-0.39, 0.29) is 22.5 Å². The molecule has 0 fully saturated rings. The smallest absolute Gasteiger partial charge is 0.409 e. The van der Waals surface area contributed by atoms with Gasteiger partial charge in [-0.3, -0.25) is 10.1 Å². The Morgan fingerprint density at radius 2 is 1.81 bits per heavy atom. The highest BCUT2D eigenvalue weighted by Crippen LogP contribution is 2.41. The van der Waals surface area contributed by atoms with Crippen molar-refractivity contribution in [3.05, 3.63) is 124 Å². The first-order valence-electron chi connectivity index (χ1n) is 17.7. The number of phenols is 1. The number of phenolic OH excluding ortho intramolecular Hbond substituents is 1. The number of fused-ring (bicyclic) bond motifs is 2. The third-order valence-electron chi connectivity index (χ3n) is 9.92. The fraction of sp³-hybridized carbons (Fsp3) is 0.268. The first kappa shape index (κ1) is 37.2. The summed E-state index contributed by atoms with van der Waals surface area (Å²) in [5.74, 6) is 0.0239. The molecule has 0 spiro atoms. The predicted molar refractivity (Wildman–Crippen MR) is 214 cm³/mol. The van der Waals surface area contributed by atoms with Gasteiger partial charge in [0.15, 0.2) is 8.32 Å². The van der Waals surface area contributed by atoms with Gasteiger partial charge in [-0.1, -0.05) is 92.7 Å². The highest BCUT2D eigenvalue weighted by atomic mass is 28.4. The maximum atomic E-state index is 12.1. The van der Waals surface area contributed by atoms with Crippen molar-refractivity contribution in [2.45, 2.75) is 64.5 Å². The largest absolute Gasteiger partial charge is 0.506 e. The molecule has 0 saturated heterocycles. The van der Waals surface area contributed by atoms with E-state index in [1.54, 1.807) is 12.1 Å². The van der Waals surface area contributed by atoms with E-state index in [0.29, 0.717) is 37.3 Å². The molecule has 0 saturated carbocycles. The van der Waals surface area contributed by atoms with Crippen LogP contribution in [0.25, 0.3) is 39.1 Å². The summed E-state index contributed by atoms with van der Waals surface area (Å²) in [6.07, 6.45) is 3.31. The Labute approximate surface area is 309 Å². The average Bonchev–Trinajstić information content (AvgIpc) is 3.52. The van der Waals surface area contributed by atoms with Gasteiger partial charge in [0.25, 0.3) is 0 Å². The maximum absolute atomic E-state index is 12.1. The molecule has 0 aliphatic rings. The number of H-pyrrole nitrogens is 1. The SMILES string of the molecule is CC(C)(C)[Si](C)(C)OC(CNCc1ccc2c(c1)nnn2CC/C=C/c1ccc(-c2ccccc2)c(NC(=O)O)c1)c1ccc(O)c2[nH]c(=O)ccc12. The summed E-state index contributed by atoms with van der Waals surface area (Å²) in [4.78, 5) is 26.3. The van der Waals surface area contributed by atoms with Gasteiger partial charge in [-0.15, -0.1) is 5.10 Å². The Morgan fingerprint density at radius 1 is 1.02 bits per heavy atom. The molecule has 2 aromatic heterocycles. The van der Waals surface area contributed by atoms with Gasteiger partial charge in [0.2, 0.25) is 5.56 Å². The zero-order chi connectivity index (χ0) is 37.8. The maximum Gasteiger partial charge on any atom is 0.409 e. The number of hydrogen-bond donors (Lipinski definition) is 5. The van der Waals surface area contributed by atoms with Crippen LogP contribution in [0.15, 0.2) is 102 Å². The van der Waals surface area contributed by atoms with Gasteiger partial charge in [-0.2, -0.15) is 0 Å². The van der Waals surface area contributed by atoms with Crippen LogP contribution in [-0.4, -0.2) is 51.1 Å². The molecule has 1 unspecified atom stereocenters. The molecule has 12 heteroatoms. The second kappa shape index (κ2) is 15.6. The van der Waals surface area contributed by atoms with E-state index >= 15 is 0 Å². The summed E-state index contributed by atoms with van der Waals surface area (Å²) < 4.78 is 8.83. The number of amides is 1. The van der Waals surface area contributed by atoms with Crippen LogP contribution in [0.4, 0.5) is 10.5 Å². The molecule has 11 nitrogen and oxygen atoms in total. The summed E-state index contributed by atoms with van der Waals surface area (Å²) in [6, 6.07) is 28.3. The van der Waals surface area contributed by atoms with Crippen molar-refractivity contribution in [1.29, 1.82) is 0 Å². The second-order valence-electron chi connectivity index (χ2n) is 14.7. The van der Waals surface area contributed by atoms with Crippen molar-refractivity contribution in [2.75, 3.05) is 11.9 Å². The van der Waals surface area contributed by atoms with Crippen LogP contribution >= 0.6 is 0 Å². The lowest BCUT2D eigenvalue weighted by Crippen LogP contribution is -2.43. The first-order valence-corrected chi connectivity index (χ1v) is 20.6. The number of hydrogen-bond acceptors (Lipinski definition) is 7. The van der Waals surface area contributed by atoms with Gasteiger partial charge in [0, 0.05) is 36.7 Å². The molecule has 1 atom stereocenters. The lowest BCUT2D eigenvalue weighted by Gasteiger charge is -2.39. The fourth-order valence-electron chi connectivity index (χ4n) is 6.10. The first-order chi connectivity index (χ1) is 25.3. The quantitative estimate of drug-likeness (QED) is 0.0740. The van der Waals surface area contributed by atoms with E-state index in [2.05, 4.69) is 65.9 Å². The molecule has 5 N–H and O–H groups in total. The molecular formula is C41H46N6O5Si. The van der Waals surface area contributed by atoms with E-state index < -0.39 is 14.4 Å². The van der Waals surface area contributed by atoms with Gasteiger partial charge in [-0.05, 0) is 77.1 Å². The Hall–Kier alpha value is -5.56. The normalized spacial score (nSPS) is 12.8. The minimum absolute atomic E-state index is 0.0178. The Bertz CT molecular complexity index is 2330. The van der Waals surface area contributed by atoms with Crippen molar-refractivity contribution in [3.63, 3.8) is 0 Å². The Morgan fingerprint density at radius 3 is 2.57 bits per heavy atom. The standard InChI is InChI=1S/C41H46N6O5Si/c1-41(2,3)53(4,5)52-37(31-17-20-36(48)39-32(31)18-21-38(49)44-39)26-42-25-28-15-19-35-34(24-28)45-46-47(35)22-10-9-11-27-14-16-30(29-12-7-6-8-13-29)33(23-27)43-40(50)51/h6-9,11-21,23-24,37,42-43,48H,10,22,25-26H2,1-5H3,(H,44,49)(H,50,51)/b11-9+. The number of carboxylic acid groups (broad SMARTS) is 1. The number of rotatable bonds is 13. The van der Waals surface area contributed by atoms with Crippen molar-refractivity contribution in [3.8, 4) is 16.9 Å². The molecule has 0 aliphatic carbocycles. The number of allylic oxidation sites excluding steroid dienone is 1. The number of aromatic nitrogens is 4. The van der Waals surface area contributed by atoms with Crippen molar-refractivity contribution in [1.82, 2.24) is 25.3 Å². The molecule has 6 rings (SSSR count). The van der Waals surface area contributed by atoms with Crippen LogP contribution in [0.3, 0.4) is 0 Å². The summed E-state index contributed by atoms with van der Waals surface area (Å²) in [5.41, 5.74) is 7.00. The second-order valence-corrected chi connectivity index (χ2v) is 19.5. The van der Waals surface area contributed by atoms with E-state index in [1.165, 1.54) is 6.07 Å². The van der Waals surface area contributed by atoms with Gasteiger partial charge < -0.3 is 24.9 Å². The minimum Gasteiger partial charge on any atom is -0.506 e. The number of aryl methyl sites for hydroxylation is 1. The zero-order valence-electron chi connectivity index (χ0n) is 30.7. The highest BCUT2D eigenvalue weighted by Gasteiger charge is 2.39. The topological polar surface area (TPSA) is 154 Å². The number of pyridine rings is 1. The van der Waals surface area contributed by atoms with Crippen LogP contribution in [0, 0.1) is 0 Å². The molecule has 1 amide bonds. The van der Waals surface area contributed by atoms with Crippen molar-refractivity contribution in [2.24, 2.45) is 0 Å². The fourth-order valence-corrected chi connectivity index (χ4v) is 7.37. The lowest BCUT2D eigenvalue weighted by molar-refractivity contribution is 0.181. The number of carbonyl (C=O) groups is 1. The van der Waals surface area contributed by atoms with Gasteiger partial charge >= 0.3 is 6.09 Å². The summed E-state index contributed by atoms with van der Waals surface area (Å²) in [6.45, 7) is 12.8. The van der Waals surface area contributed by atoms with Crippen LogP contribution < -0.4 is 16.2 Å². The minimum atomic E-state index is -2.21. The molecule has 4 aromatic carbocycles. The summed E-state index contributed by atoms with van der Waals surface area (Å²) in [7, 11) is -2.21. The Balaban J connectivity index is 1.12. The van der Waals surface area contributed by atoms with E-state index in [1.807, 2.05) is 83.6 Å². The Kier molecular flexibility index (Phi) is 10.9. The number of anilines is 1. The summed E-state index contributed by atoms with van der Waals surface area (Å²) in [5, 5.41) is 35.6. The van der Waals surface area contributed by atoms with Gasteiger partial charge in [0.1, 0.15) is 11.3 Å². The van der Waals surface area contributed by atoms with Crippen LogP contribution in [0.5, 0.6) is 5.75 Å². The van der Waals surface area contributed by atoms with Gasteiger partial charge in [-0.25, -0.2) is 9.48 Å². The van der Waals surface area contributed by atoms with Crippen LogP contribution in [-0.2, 0) is 17.5 Å². The highest BCUT2D eigenvalue weighted by molar-refractivity contribution is 6.74. The number of aromatic amines is 1. The molecule has 6 aromatic rings.